The summed E-state index contributed by atoms with van der Waals surface area (Å²) in [7, 11) is 0. The fourth-order valence-corrected chi connectivity index (χ4v) is 2.71. The summed E-state index contributed by atoms with van der Waals surface area (Å²) in [5.41, 5.74) is 1.35. The van der Waals surface area contributed by atoms with Gasteiger partial charge in [-0.05, 0) is 26.3 Å². The molecule has 0 unspecified atom stereocenters. The first-order valence-corrected chi connectivity index (χ1v) is 9.79. The molecule has 0 radical (unpaired) electrons. The van der Waals surface area contributed by atoms with Crippen LogP contribution in [0.1, 0.15) is 43.1 Å². The second-order valence-corrected chi connectivity index (χ2v) is 7.21. The molecular formula is C20H24ClN7O2. The maximum atomic E-state index is 12.6. The smallest absolute Gasteiger partial charge is 0.254 e. The molecule has 0 aliphatic heterocycles. The maximum absolute atomic E-state index is 12.6. The van der Waals surface area contributed by atoms with Crippen LogP contribution in [0.15, 0.2) is 24.5 Å². The van der Waals surface area contributed by atoms with E-state index in [4.69, 9.17) is 16.9 Å². The first-order chi connectivity index (χ1) is 14.3. The summed E-state index contributed by atoms with van der Waals surface area (Å²) in [6.07, 6.45) is 3.49. The monoisotopic (exact) mass is 429 g/mol. The van der Waals surface area contributed by atoms with Crippen LogP contribution in [0.3, 0.4) is 0 Å². The standard InChI is InChI=1S/C20H24ClN7O2/c1-12(2)27-17-8-18(28-19-16(21)7-14(9-22)10-26-19)25-11-15(17)20(30)24-6-4-5-23-13(3)29/h7-8,10-12H,4-6H2,1-3H3,(H,23,29)(H,24,30)(H2,25,26,27,28). The summed E-state index contributed by atoms with van der Waals surface area (Å²) in [4.78, 5) is 31.9. The molecule has 0 saturated heterocycles. The van der Waals surface area contributed by atoms with Crippen LogP contribution < -0.4 is 21.3 Å². The van der Waals surface area contributed by atoms with Gasteiger partial charge in [0.2, 0.25) is 5.91 Å². The lowest BCUT2D eigenvalue weighted by Crippen LogP contribution is -2.29. The lowest BCUT2D eigenvalue weighted by molar-refractivity contribution is -0.118. The molecular weight excluding hydrogens is 406 g/mol. The van der Waals surface area contributed by atoms with E-state index in [1.807, 2.05) is 19.9 Å². The maximum Gasteiger partial charge on any atom is 0.254 e. The fraction of sp³-hybridized carbons (Fsp3) is 0.350. The van der Waals surface area contributed by atoms with Gasteiger partial charge in [0.05, 0.1) is 21.8 Å². The number of nitrogens with one attached hydrogen (secondary N) is 4. The van der Waals surface area contributed by atoms with E-state index in [9.17, 15) is 9.59 Å². The Hall–Kier alpha value is -3.38. The Labute approximate surface area is 180 Å². The molecule has 158 valence electrons. The van der Waals surface area contributed by atoms with Crippen LogP contribution in [-0.2, 0) is 4.79 Å². The topological polar surface area (TPSA) is 132 Å². The third kappa shape index (κ3) is 6.90. The van der Waals surface area contributed by atoms with Crippen molar-refractivity contribution in [2.75, 3.05) is 23.7 Å². The lowest BCUT2D eigenvalue weighted by Gasteiger charge is -2.16. The number of nitriles is 1. The number of anilines is 3. The van der Waals surface area contributed by atoms with Crippen LogP contribution in [0.25, 0.3) is 0 Å². The zero-order valence-corrected chi connectivity index (χ0v) is 17.8. The van der Waals surface area contributed by atoms with Gasteiger partial charge < -0.3 is 21.3 Å². The van der Waals surface area contributed by atoms with Crippen molar-refractivity contribution in [2.24, 2.45) is 0 Å². The number of hydrogen-bond donors (Lipinski definition) is 4. The minimum Gasteiger partial charge on any atom is -0.382 e. The molecule has 10 heteroatoms. The lowest BCUT2D eigenvalue weighted by atomic mass is 10.2. The Morgan fingerprint density at radius 2 is 1.90 bits per heavy atom. The summed E-state index contributed by atoms with van der Waals surface area (Å²) in [5, 5.41) is 20.9. The Kier molecular flexibility index (Phi) is 8.38. The van der Waals surface area contributed by atoms with E-state index in [0.29, 0.717) is 48.0 Å². The normalized spacial score (nSPS) is 10.3. The molecule has 0 saturated carbocycles. The third-order valence-electron chi connectivity index (χ3n) is 3.82. The largest absolute Gasteiger partial charge is 0.382 e. The van der Waals surface area contributed by atoms with Gasteiger partial charge in [0.1, 0.15) is 17.7 Å². The van der Waals surface area contributed by atoms with Crippen LogP contribution in [0.5, 0.6) is 0 Å². The molecule has 0 spiro atoms. The van der Waals surface area contributed by atoms with Crippen LogP contribution >= 0.6 is 11.6 Å². The van der Waals surface area contributed by atoms with Crippen LogP contribution in [0.2, 0.25) is 5.02 Å². The molecule has 0 aliphatic rings. The molecule has 0 aromatic carbocycles. The van der Waals surface area contributed by atoms with E-state index in [1.165, 1.54) is 25.4 Å². The fourth-order valence-electron chi connectivity index (χ4n) is 2.50. The van der Waals surface area contributed by atoms with E-state index in [1.54, 1.807) is 6.07 Å². The second kappa shape index (κ2) is 11.0. The van der Waals surface area contributed by atoms with Crippen molar-refractivity contribution >= 4 is 40.7 Å². The molecule has 2 heterocycles. The highest BCUT2D eigenvalue weighted by Crippen LogP contribution is 2.26. The summed E-state index contributed by atoms with van der Waals surface area (Å²) in [5.74, 6) is 0.428. The van der Waals surface area contributed by atoms with Crippen molar-refractivity contribution in [1.82, 2.24) is 20.6 Å². The summed E-state index contributed by atoms with van der Waals surface area (Å²) < 4.78 is 0. The minimum atomic E-state index is -0.269. The number of pyridine rings is 2. The van der Waals surface area contributed by atoms with Crippen molar-refractivity contribution < 1.29 is 9.59 Å². The molecule has 2 aromatic rings. The molecule has 0 fully saturated rings. The highest BCUT2D eigenvalue weighted by molar-refractivity contribution is 6.33. The predicted octanol–water partition coefficient (Wildman–Crippen LogP) is 2.82. The second-order valence-electron chi connectivity index (χ2n) is 6.80. The first-order valence-electron chi connectivity index (χ1n) is 9.42. The molecule has 0 atom stereocenters. The average Bonchev–Trinajstić information content (AvgIpc) is 2.68. The van der Waals surface area contributed by atoms with Gasteiger partial charge in [0.15, 0.2) is 0 Å². The molecule has 2 amide bonds. The van der Waals surface area contributed by atoms with Gasteiger partial charge in [-0.1, -0.05) is 11.6 Å². The zero-order chi connectivity index (χ0) is 22.1. The molecule has 30 heavy (non-hydrogen) atoms. The number of hydrogen-bond acceptors (Lipinski definition) is 7. The SMILES string of the molecule is CC(=O)NCCCNC(=O)c1cnc(Nc2ncc(C#N)cc2Cl)cc1NC(C)C. The van der Waals surface area contributed by atoms with Crippen LogP contribution in [-0.4, -0.2) is 40.9 Å². The van der Waals surface area contributed by atoms with Gasteiger partial charge in [-0.3, -0.25) is 9.59 Å². The number of carbonyl (C=O) groups is 2. The molecule has 0 bridgehead atoms. The molecule has 4 N–H and O–H groups in total. The van der Waals surface area contributed by atoms with Gasteiger partial charge in [0, 0.05) is 44.5 Å². The summed E-state index contributed by atoms with van der Waals surface area (Å²) in [6.45, 7) is 6.28. The molecule has 2 aromatic heterocycles. The average molecular weight is 430 g/mol. The van der Waals surface area contributed by atoms with Crippen molar-refractivity contribution in [3.05, 3.63) is 40.7 Å². The molecule has 9 nitrogen and oxygen atoms in total. The Balaban J connectivity index is 2.13. The third-order valence-corrected chi connectivity index (χ3v) is 4.11. The zero-order valence-electron chi connectivity index (χ0n) is 17.0. The number of amides is 2. The van der Waals surface area contributed by atoms with E-state index < -0.39 is 0 Å². The van der Waals surface area contributed by atoms with E-state index in [2.05, 4.69) is 31.2 Å². The van der Waals surface area contributed by atoms with Crippen molar-refractivity contribution in [3.63, 3.8) is 0 Å². The molecule has 0 aliphatic carbocycles. The Morgan fingerprint density at radius 3 is 2.53 bits per heavy atom. The first kappa shape index (κ1) is 22.9. The Bertz CT molecular complexity index is 957. The van der Waals surface area contributed by atoms with Crippen molar-refractivity contribution in [3.8, 4) is 6.07 Å². The summed E-state index contributed by atoms with van der Waals surface area (Å²) >= 11 is 6.16. The number of aromatic nitrogens is 2. The van der Waals surface area contributed by atoms with Gasteiger partial charge in [-0.25, -0.2) is 9.97 Å². The van der Waals surface area contributed by atoms with E-state index in [-0.39, 0.29) is 22.9 Å². The number of nitrogens with zero attached hydrogens (tertiary/aromatic N) is 3. The molecule has 2 rings (SSSR count). The quantitative estimate of drug-likeness (QED) is 0.450. The number of halogens is 1. The van der Waals surface area contributed by atoms with Crippen LogP contribution in [0, 0.1) is 11.3 Å². The van der Waals surface area contributed by atoms with Gasteiger partial charge >= 0.3 is 0 Å². The van der Waals surface area contributed by atoms with Gasteiger partial charge in [-0.2, -0.15) is 5.26 Å². The van der Waals surface area contributed by atoms with Crippen molar-refractivity contribution in [2.45, 2.75) is 33.2 Å². The highest BCUT2D eigenvalue weighted by Gasteiger charge is 2.15. The van der Waals surface area contributed by atoms with E-state index in [0.717, 1.165) is 0 Å². The minimum absolute atomic E-state index is 0.0863. The van der Waals surface area contributed by atoms with Crippen LogP contribution in [0.4, 0.5) is 17.3 Å². The van der Waals surface area contributed by atoms with E-state index >= 15 is 0 Å². The predicted molar refractivity (Wildman–Crippen MR) is 116 cm³/mol. The van der Waals surface area contributed by atoms with Gasteiger partial charge in [0.25, 0.3) is 5.91 Å². The van der Waals surface area contributed by atoms with Crippen molar-refractivity contribution in [1.29, 1.82) is 5.26 Å². The number of carbonyl (C=O) groups excluding carboxylic acids is 2. The number of rotatable bonds is 9. The van der Waals surface area contributed by atoms with Gasteiger partial charge in [-0.15, -0.1) is 0 Å². The highest BCUT2D eigenvalue weighted by atomic mass is 35.5. The summed E-state index contributed by atoms with van der Waals surface area (Å²) in [6, 6.07) is 5.26. The Morgan fingerprint density at radius 1 is 1.17 bits per heavy atom.